The van der Waals surface area contributed by atoms with Gasteiger partial charge in [-0.05, 0) is 54.6 Å². The molecule has 0 radical (unpaired) electrons. The van der Waals surface area contributed by atoms with Crippen molar-refractivity contribution < 1.29 is 9.63 Å². The Labute approximate surface area is 202 Å². The highest BCUT2D eigenvalue weighted by molar-refractivity contribution is 5.68. The average molecular weight is 468 g/mol. The number of benzene rings is 1. The van der Waals surface area contributed by atoms with E-state index in [4.69, 9.17) is 4.84 Å². The summed E-state index contributed by atoms with van der Waals surface area (Å²) < 4.78 is 1.98. The Morgan fingerprint density at radius 3 is 2.53 bits per heavy atom. The molecule has 5 rings (SSSR count). The number of rotatable bonds is 7. The van der Waals surface area contributed by atoms with E-state index in [0.29, 0.717) is 26.1 Å². The summed E-state index contributed by atoms with van der Waals surface area (Å²) in [5, 5.41) is 15.0. The SMILES string of the molecule is CCC(=O)ON1CCC(c2nnnn2Cc2ccccc2)(N2CCCN(C3CCC3)CC2)CC1. The number of hydrogen-bond acceptors (Lipinski definition) is 8. The lowest BCUT2D eigenvalue weighted by molar-refractivity contribution is -0.202. The van der Waals surface area contributed by atoms with E-state index in [9.17, 15) is 4.79 Å². The molecule has 0 amide bonds. The number of piperidine rings is 1. The first kappa shape index (κ1) is 23.4. The van der Waals surface area contributed by atoms with Crippen LogP contribution >= 0.6 is 0 Å². The van der Waals surface area contributed by atoms with Gasteiger partial charge in [0.2, 0.25) is 0 Å². The zero-order chi connectivity index (χ0) is 23.4. The normalized spacial score (nSPS) is 22.7. The highest BCUT2D eigenvalue weighted by Crippen LogP contribution is 2.39. The fraction of sp³-hybridized carbons (Fsp3) is 0.680. The van der Waals surface area contributed by atoms with Crippen LogP contribution in [0.15, 0.2) is 30.3 Å². The fourth-order valence-electron chi connectivity index (χ4n) is 5.72. The lowest BCUT2D eigenvalue weighted by Crippen LogP contribution is -2.56. The Balaban J connectivity index is 1.39. The monoisotopic (exact) mass is 467 g/mol. The van der Waals surface area contributed by atoms with E-state index in [1.54, 1.807) is 0 Å². The van der Waals surface area contributed by atoms with Crippen molar-refractivity contribution in [2.45, 2.75) is 70.0 Å². The van der Waals surface area contributed by atoms with Crippen LogP contribution in [-0.2, 0) is 21.7 Å². The second kappa shape index (κ2) is 10.5. The quantitative estimate of drug-likeness (QED) is 0.614. The number of carbonyl (C=O) groups excluding carboxylic acids is 1. The molecule has 0 unspecified atom stereocenters. The van der Waals surface area contributed by atoms with Crippen LogP contribution in [0.25, 0.3) is 0 Å². The van der Waals surface area contributed by atoms with Gasteiger partial charge in [0.25, 0.3) is 0 Å². The Bertz CT molecular complexity index is 938. The Kier molecular flexibility index (Phi) is 7.22. The van der Waals surface area contributed by atoms with Crippen molar-refractivity contribution in [2.24, 2.45) is 0 Å². The third-order valence-electron chi connectivity index (χ3n) is 7.92. The smallest absolute Gasteiger partial charge is 0.324 e. The van der Waals surface area contributed by atoms with Crippen LogP contribution in [0, 0.1) is 0 Å². The molecule has 0 bridgehead atoms. The maximum absolute atomic E-state index is 11.9. The molecule has 3 fully saturated rings. The van der Waals surface area contributed by atoms with E-state index >= 15 is 0 Å². The lowest BCUT2D eigenvalue weighted by Gasteiger charge is -2.47. The van der Waals surface area contributed by atoms with Gasteiger partial charge in [-0.1, -0.05) is 43.7 Å². The van der Waals surface area contributed by atoms with Crippen molar-refractivity contribution in [1.82, 2.24) is 35.1 Å². The van der Waals surface area contributed by atoms with Crippen LogP contribution in [-0.4, -0.2) is 86.3 Å². The molecule has 0 spiro atoms. The second-order valence-electron chi connectivity index (χ2n) is 9.88. The largest absolute Gasteiger partial charge is 0.368 e. The standard InChI is InChI=1S/C25H37N7O2/c1-2-23(33)34-31-16-12-25(13-17-31,30-15-7-14-29(18-19-30)22-10-6-11-22)24-26-27-28-32(24)20-21-8-4-3-5-9-21/h3-5,8-9,22H,2,6-7,10-20H2,1H3. The minimum Gasteiger partial charge on any atom is -0.368 e. The van der Waals surface area contributed by atoms with E-state index in [2.05, 4.69) is 49.6 Å². The van der Waals surface area contributed by atoms with Crippen LogP contribution in [0.1, 0.15) is 63.3 Å². The summed E-state index contributed by atoms with van der Waals surface area (Å²) in [5.41, 5.74) is 0.927. The van der Waals surface area contributed by atoms with Crippen molar-refractivity contribution in [1.29, 1.82) is 0 Å². The zero-order valence-corrected chi connectivity index (χ0v) is 20.3. The molecule has 0 atom stereocenters. The molecule has 1 aromatic carbocycles. The molecular formula is C25H37N7O2. The molecule has 1 saturated carbocycles. The summed E-state index contributed by atoms with van der Waals surface area (Å²) in [4.78, 5) is 22.8. The zero-order valence-electron chi connectivity index (χ0n) is 20.3. The molecule has 2 aliphatic heterocycles. The van der Waals surface area contributed by atoms with E-state index in [1.165, 1.54) is 31.4 Å². The van der Waals surface area contributed by atoms with Gasteiger partial charge in [0.1, 0.15) is 0 Å². The van der Waals surface area contributed by atoms with Gasteiger partial charge < -0.3 is 4.84 Å². The predicted octanol–water partition coefficient (Wildman–Crippen LogP) is 2.44. The summed E-state index contributed by atoms with van der Waals surface area (Å²) in [5.74, 6) is 0.766. The Hall–Kier alpha value is -2.36. The van der Waals surface area contributed by atoms with Gasteiger partial charge in [0, 0.05) is 45.2 Å². The topological polar surface area (TPSA) is 79.6 Å². The third-order valence-corrected chi connectivity index (χ3v) is 7.92. The van der Waals surface area contributed by atoms with E-state index in [0.717, 1.165) is 50.8 Å². The van der Waals surface area contributed by atoms with Gasteiger partial charge >= 0.3 is 5.97 Å². The van der Waals surface area contributed by atoms with Gasteiger partial charge in [0.05, 0.1) is 12.1 Å². The fourth-order valence-corrected chi connectivity index (χ4v) is 5.72. The van der Waals surface area contributed by atoms with Crippen LogP contribution in [0.4, 0.5) is 0 Å². The summed E-state index contributed by atoms with van der Waals surface area (Å²) in [6.45, 7) is 8.19. The summed E-state index contributed by atoms with van der Waals surface area (Å²) in [6, 6.07) is 11.2. The molecule has 1 aliphatic carbocycles. The van der Waals surface area contributed by atoms with Crippen LogP contribution in [0.2, 0.25) is 0 Å². The number of carbonyl (C=O) groups is 1. The molecule has 3 aliphatic rings. The third kappa shape index (κ3) is 4.87. The maximum atomic E-state index is 11.9. The molecule has 9 heteroatoms. The molecule has 1 aromatic heterocycles. The molecule has 34 heavy (non-hydrogen) atoms. The minimum absolute atomic E-state index is 0.174. The molecule has 3 heterocycles. The molecule has 184 valence electrons. The van der Waals surface area contributed by atoms with Crippen molar-refractivity contribution in [2.75, 3.05) is 39.3 Å². The van der Waals surface area contributed by atoms with Gasteiger partial charge in [0.15, 0.2) is 5.82 Å². The van der Waals surface area contributed by atoms with Crippen molar-refractivity contribution >= 4 is 5.97 Å². The number of hydrogen-bond donors (Lipinski definition) is 0. The summed E-state index contributed by atoms with van der Waals surface area (Å²) in [6.07, 6.45) is 7.28. The molecule has 0 N–H and O–H groups in total. The van der Waals surface area contributed by atoms with Gasteiger partial charge in [-0.15, -0.1) is 10.2 Å². The Morgan fingerprint density at radius 1 is 1.03 bits per heavy atom. The first-order valence-corrected chi connectivity index (χ1v) is 12.9. The van der Waals surface area contributed by atoms with E-state index < -0.39 is 0 Å². The second-order valence-corrected chi connectivity index (χ2v) is 9.88. The van der Waals surface area contributed by atoms with Crippen molar-refractivity contribution in [3.63, 3.8) is 0 Å². The van der Waals surface area contributed by atoms with E-state index in [1.807, 2.05) is 22.7 Å². The van der Waals surface area contributed by atoms with Crippen molar-refractivity contribution in [3.05, 3.63) is 41.7 Å². The number of hydroxylamine groups is 2. The first-order valence-electron chi connectivity index (χ1n) is 12.9. The number of nitrogens with zero attached hydrogens (tertiary/aromatic N) is 7. The predicted molar refractivity (Wildman–Crippen MR) is 128 cm³/mol. The molecule has 2 saturated heterocycles. The van der Waals surface area contributed by atoms with Crippen LogP contribution in [0.3, 0.4) is 0 Å². The van der Waals surface area contributed by atoms with Crippen LogP contribution < -0.4 is 0 Å². The highest BCUT2D eigenvalue weighted by Gasteiger charge is 2.46. The van der Waals surface area contributed by atoms with Gasteiger partial charge in [-0.3, -0.25) is 14.6 Å². The maximum Gasteiger partial charge on any atom is 0.324 e. The molecule has 9 nitrogen and oxygen atoms in total. The van der Waals surface area contributed by atoms with Gasteiger partial charge in [-0.2, -0.15) is 0 Å². The van der Waals surface area contributed by atoms with Crippen molar-refractivity contribution in [3.8, 4) is 0 Å². The molecular weight excluding hydrogens is 430 g/mol. The minimum atomic E-state index is -0.261. The van der Waals surface area contributed by atoms with Crippen LogP contribution in [0.5, 0.6) is 0 Å². The first-order chi connectivity index (χ1) is 16.7. The van der Waals surface area contributed by atoms with Gasteiger partial charge in [-0.25, -0.2) is 4.68 Å². The Morgan fingerprint density at radius 2 is 1.82 bits per heavy atom. The lowest BCUT2D eigenvalue weighted by atomic mass is 9.84. The van der Waals surface area contributed by atoms with E-state index in [-0.39, 0.29) is 11.5 Å². The number of tetrazole rings is 1. The molecule has 2 aromatic rings. The highest BCUT2D eigenvalue weighted by atomic mass is 16.7. The number of aromatic nitrogens is 4. The summed E-state index contributed by atoms with van der Waals surface area (Å²) >= 11 is 0. The summed E-state index contributed by atoms with van der Waals surface area (Å²) in [7, 11) is 0. The average Bonchev–Trinajstić information content (AvgIpc) is 3.16.